The fourth-order valence-electron chi connectivity index (χ4n) is 1.78. The minimum atomic E-state index is 0.626. The van der Waals surface area contributed by atoms with Gasteiger partial charge >= 0.3 is 0 Å². The summed E-state index contributed by atoms with van der Waals surface area (Å²) < 4.78 is 1.68. The SMILES string of the molecule is Clc1ccc2nc(NCCSc3ccccc3)nn2c1. The highest BCUT2D eigenvalue weighted by atomic mass is 35.5. The second kappa shape index (κ2) is 6.15. The first-order valence-electron chi connectivity index (χ1n) is 6.25. The minimum Gasteiger partial charge on any atom is -0.352 e. The minimum absolute atomic E-state index is 0.626. The normalized spacial score (nSPS) is 10.8. The predicted octanol–water partition coefficient (Wildman–Crippen LogP) is 3.59. The number of pyridine rings is 1. The van der Waals surface area contributed by atoms with Crippen molar-refractivity contribution in [2.45, 2.75) is 4.90 Å². The lowest BCUT2D eigenvalue weighted by Crippen LogP contribution is -2.05. The number of nitrogens with zero attached hydrogens (tertiary/aromatic N) is 3. The monoisotopic (exact) mass is 304 g/mol. The second-order valence-corrected chi connectivity index (χ2v) is 5.78. The molecule has 0 fully saturated rings. The van der Waals surface area contributed by atoms with E-state index in [0.717, 1.165) is 17.9 Å². The number of hydrogen-bond donors (Lipinski definition) is 1. The number of benzene rings is 1. The average molecular weight is 305 g/mol. The highest BCUT2D eigenvalue weighted by molar-refractivity contribution is 7.99. The summed E-state index contributed by atoms with van der Waals surface area (Å²) in [6.07, 6.45) is 1.74. The van der Waals surface area contributed by atoms with Gasteiger partial charge in [-0.2, -0.15) is 4.98 Å². The molecule has 0 bridgehead atoms. The van der Waals surface area contributed by atoms with E-state index >= 15 is 0 Å². The van der Waals surface area contributed by atoms with E-state index in [1.807, 2.05) is 24.3 Å². The highest BCUT2D eigenvalue weighted by Crippen LogP contribution is 2.16. The second-order valence-electron chi connectivity index (χ2n) is 4.17. The van der Waals surface area contributed by atoms with Crippen molar-refractivity contribution in [3.8, 4) is 0 Å². The number of anilines is 1. The summed E-state index contributed by atoms with van der Waals surface area (Å²) in [4.78, 5) is 5.64. The quantitative estimate of drug-likeness (QED) is 0.578. The lowest BCUT2D eigenvalue weighted by atomic mass is 10.4. The van der Waals surface area contributed by atoms with Crippen molar-refractivity contribution in [1.29, 1.82) is 0 Å². The summed E-state index contributed by atoms with van der Waals surface area (Å²) in [6, 6.07) is 14.0. The molecular weight excluding hydrogens is 292 g/mol. The number of thioether (sulfide) groups is 1. The van der Waals surface area contributed by atoms with Gasteiger partial charge in [-0.1, -0.05) is 29.8 Å². The number of fused-ring (bicyclic) bond motifs is 1. The van der Waals surface area contributed by atoms with Gasteiger partial charge in [0.25, 0.3) is 0 Å². The van der Waals surface area contributed by atoms with E-state index in [-0.39, 0.29) is 0 Å². The molecule has 0 atom stereocenters. The lowest BCUT2D eigenvalue weighted by Gasteiger charge is -2.01. The molecule has 0 amide bonds. The van der Waals surface area contributed by atoms with E-state index in [1.165, 1.54) is 4.90 Å². The van der Waals surface area contributed by atoms with Gasteiger partial charge in [0, 0.05) is 23.4 Å². The third-order valence-electron chi connectivity index (χ3n) is 2.69. The number of rotatable bonds is 5. The van der Waals surface area contributed by atoms with Gasteiger partial charge < -0.3 is 5.32 Å². The molecule has 20 heavy (non-hydrogen) atoms. The molecule has 1 N–H and O–H groups in total. The smallest absolute Gasteiger partial charge is 0.243 e. The van der Waals surface area contributed by atoms with Crippen molar-refractivity contribution >= 4 is 35.0 Å². The summed E-state index contributed by atoms with van der Waals surface area (Å²) >= 11 is 7.71. The molecule has 0 aliphatic heterocycles. The molecule has 4 nitrogen and oxygen atoms in total. The summed E-state index contributed by atoms with van der Waals surface area (Å²) in [7, 11) is 0. The Morgan fingerprint density at radius 2 is 2.00 bits per heavy atom. The van der Waals surface area contributed by atoms with Gasteiger partial charge in [0.15, 0.2) is 5.65 Å². The molecule has 0 aliphatic carbocycles. The molecule has 0 unspecified atom stereocenters. The Labute approximate surface area is 126 Å². The molecule has 0 radical (unpaired) electrons. The van der Waals surface area contributed by atoms with Crippen LogP contribution in [0.4, 0.5) is 5.95 Å². The highest BCUT2D eigenvalue weighted by Gasteiger charge is 2.03. The molecule has 0 saturated carbocycles. The first-order valence-corrected chi connectivity index (χ1v) is 7.61. The van der Waals surface area contributed by atoms with Gasteiger partial charge in [-0.15, -0.1) is 16.9 Å². The van der Waals surface area contributed by atoms with Crippen LogP contribution >= 0.6 is 23.4 Å². The maximum atomic E-state index is 5.91. The van der Waals surface area contributed by atoms with E-state index in [4.69, 9.17) is 11.6 Å². The van der Waals surface area contributed by atoms with E-state index in [2.05, 4.69) is 27.5 Å². The van der Waals surface area contributed by atoms with E-state index in [0.29, 0.717) is 11.0 Å². The Hall–Kier alpha value is -1.72. The molecule has 3 rings (SSSR count). The third kappa shape index (κ3) is 3.23. The summed E-state index contributed by atoms with van der Waals surface area (Å²) in [5.74, 6) is 1.58. The van der Waals surface area contributed by atoms with Crippen molar-refractivity contribution in [2.75, 3.05) is 17.6 Å². The maximum Gasteiger partial charge on any atom is 0.243 e. The largest absolute Gasteiger partial charge is 0.352 e. The summed E-state index contributed by atoms with van der Waals surface area (Å²) in [6.45, 7) is 0.810. The van der Waals surface area contributed by atoms with Gasteiger partial charge in [0.1, 0.15) is 0 Å². The first-order chi connectivity index (χ1) is 9.81. The predicted molar refractivity (Wildman–Crippen MR) is 83.7 cm³/mol. The van der Waals surface area contributed by atoms with Crippen molar-refractivity contribution < 1.29 is 0 Å². The number of nitrogens with one attached hydrogen (secondary N) is 1. The molecule has 0 spiro atoms. The van der Waals surface area contributed by atoms with E-state index in [9.17, 15) is 0 Å². The fourth-order valence-corrected chi connectivity index (χ4v) is 2.73. The molecule has 1 aromatic carbocycles. The van der Waals surface area contributed by atoms with Crippen molar-refractivity contribution in [3.05, 3.63) is 53.7 Å². The van der Waals surface area contributed by atoms with Crippen LogP contribution in [-0.2, 0) is 0 Å². The van der Waals surface area contributed by atoms with Crippen LogP contribution in [0.3, 0.4) is 0 Å². The fraction of sp³-hybridized carbons (Fsp3) is 0.143. The average Bonchev–Trinajstić information content (AvgIpc) is 2.86. The van der Waals surface area contributed by atoms with E-state index in [1.54, 1.807) is 28.5 Å². The van der Waals surface area contributed by atoms with E-state index < -0.39 is 0 Å². The topological polar surface area (TPSA) is 42.2 Å². The molecule has 2 aromatic heterocycles. The van der Waals surface area contributed by atoms with Crippen LogP contribution < -0.4 is 5.32 Å². The standard InChI is InChI=1S/C14H13ClN4S/c15-11-6-7-13-17-14(18-19(13)10-11)16-8-9-20-12-4-2-1-3-5-12/h1-7,10H,8-9H2,(H,16,18). The molecule has 0 saturated heterocycles. The molecular formula is C14H13ClN4S. The third-order valence-corrected chi connectivity index (χ3v) is 3.93. The zero-order valence-electron chi connectivity index (χ0n) is 10.7. The summed E-state index contributed by atoms with van der Waals surface area (Å²) in [5.41, 5.74) is 0.785. The molecule has 2 heterocycles. The summed E-state index contributed by atoms with van der Waals surface area (Å²) in [5, 5.41) is 8.18. The van der Waals surface area contributed by atoms with Crippen LogP contribution in [0.2, 0.25) is 5.02 Å². The number of halogens is 1. The maximum absolute atomic E-state index is 5.91. The van der Waals surface area contributed by atoms with Crippen molar-refractivity contribution in [3.63, 3.8) is 0 Å². The Kier molecular flexibility index (Phi) is 4.08. The first kappa shape index (κ1) is 13.3. The van der Waals surface area contributed by atoms with Crippen molar-refractivity contribution in [1.82, 2.24) is 14.6 Å². The van der Waals surface area contributed by atoms with Crippen LogP contribution in [-0.4, -0.2) is 26.9 Å². The Bertz CT molecular complexity index is 699. The lowest BCUT2D eigenvalue weighted by molar-refractivity contribution is 0.956. The van der Waals surface area contributed by atoms with Gasteiger partial charge in [0.05, 0.1) is 5.02 Å². The Balaban J connectivity index is 1.55. The van der Waals surface area contributed by atoms with Crippen LogP contribution in [0.1, 0.15) is 0 Å². The molecule has 102 valence electrons. The van der Waals surface area contributed by atoms with Crippen molar-refractivity contribution in [2.24, 2.45) is 0 Å². The molecule has 3 aromatic rings. The Morgan fingerprint density at radius 1 is 1.15 bits per heavy atom. The zero-order valence-corrected chi connectivity index (χ0v) is 12.2. The number of aromatic nitrogens is 3. The van der Waals surface area contributed by atoms with Gasteiger partial charge in [-0.25, -0.2) is 4.52 Å². The van der Waals surface area contributed by atoms with Crippen LogP contribution in [0.15, 0.2) is 53.6 Å². The Morgan fingerprint density at radius 3 is 2.85 bits per heavy atom. The zero-order chi connectivity index (χ0) is 13.8. The van der Waals surface area contributed by atoms with Gasteiger partial charge in [-0.3, -0.25) is 0 Å². The van der Waals surface area contributed by atoms with Crippen LogP contribution in [0, 0.1) is 0 Å². The van der Waals surface area contributed by atoms with Gasteiger partial charge in [-0.05, 0) is 24.3 Å². The van der Waals surface area contributed by atoms with Crippen LogP contribution in [0.5, 0.6) is 0 Å². The molecule has 0 aliphatic rings. The van der Waals surface area contributed by atoms with Crippen LogP contribution in [0.25, 0.3) is 5.65 Å². The number of hydrogen-bond acceptors (Lipinski definition) is 4. The molecule has 6 heteroatoms. The van der Waals surface area contributed by atoms with Gasteiger partial charge in [0.2, 0.25) is 5.95 Å².